The Hall–Kier alpha value is -2.63. The molecule has 26 heavy (non-hydrogen) atoms. The van der Waals surface area contributed by atoms with Crippen molar-refractivity contribution in [2.45, 2.75) is 47.0 Å². The molecule has 0 atom stereocenters. The van der Waals surface area contributed by atoms with Crippen LogP contribution in [0.2, 0.25) is 0 Å². The smallest absolute Gasteiger partial charge is 0.309 e. The van der Waals surface area contributed by atoms with Gasteiger partial charge in [-0.1, -0.05) is 31.5 Å². The zero-order chi connectivity index (χ0) is 19.5. The lowest BCUT2D eigenvalue weighted by Crippen LogP contribution is -2.32. The number of benzene rings is 1. The molecule has 1 heterocycles. The van der Waals surface area contributed by atoms with E-state index in [1.807, 2.05) is 45.0 Å². The Labute approximate surface area is 154 Å². The molecule has 0 aliphatic carbocycles. The first-order chi connectivity index (χ1) is 12.1. The third-order valence-electron chi connectivity index (χ3n) is 4.49. The van der Waals surface area contributed by atoms with Crippen LogP contribution in [0.1, 0.15) is 61.6 Å². The number of aryl methyl sites for hydroxylation is 1. The van der Waals surface area contributed by atoms with Crippen molar-refractivity contribution in [2.24, 2.45) is 5.41 Å². The molecule has 0 saturated carbocycles. The van der Waals surface area contributed by atoms with Gasteiger partial charge in [-0.2, -0.15) is 5.10 Å². The maximum absolute atomic E-state index is 12.6. The van der Waals surface area contributed by atoms with Gasteiger partial charge in [-0.3, -0.25) is 9.59 Å². The summed E-state index contributed by atoms with van der Waals surface area (Å²) in [4.78, 5) is 23.8. The van der Waals surface area contributed by atoms with Gasteiger partial charge in [0.15, 0.2) is 0 Å². The lowest BCUT2D eigenvalue weighted by Gasteiger charge is -2.19. The Kier molecular flexibility index (Phi) is 5.85. The average Bonchev–Trinajstić information content (AvgIpc) is 3.00. The van der Waals surface area contributed by atoms with Gasteiger partial charge in [0.25, 0.3) is 5.91 Å². The Balaban J connectivity index is 2.20. The minimum absolute atomic E-state index is 0.106. The Morgan fingerprint density at radius 3 is 2.38 bits per heavy atom. The summed E-state index contributed by atoms with van der Waals surface area (Å²) in [6, 6.07) is 7.97. The fraction of sp³-hybridized carbons (Fsp3) is 0.450. The van der Waals surface area contributed by atoms with E-state index < -0.39 is 11.4 Å². The molecule has 140 valence electrons. The molecule has 2 rings (SSSR count). The largest absolute Gasteiger partial charge is 0.481 e. The van der Waals surface area contributed by atoms with Gasteiger partial charge < -0.3 is 10.4 Å². The monoisotopic (exact) mass is 357 g/mol. The Morgan fingerprint density at radius 1 is 1.23 bits per heavy atom. The van der Waals surface area contributed by atoms with Crippen molar-refractivity contribution in [3.63, 3.8) is 0 Å². The van der Waals surface area contributed by atoms with Crippen molar-refractivity contribution in [3.8, 4) is 5.69 Å². The van der Waals surface area contributed by atoms with Crippen LogP contribution in [-0.4, -0.2) is 33.3 Å². The van der Waals surface area contributed by atoms with Crippen LogP contribution in [0.15, 0.2) is 30.5 Å². The van der Waals surface area contributed by atoms with Gasteiger partial charge in [0.1, 0.15) is 0 Å². The van der Waals surface area contributed by atoms with Crippen LogP contribution in [0.5, 0.6) is 0 Å². The van der Waals surface area contributed by atoms with Crippen LogP contribution in [0.3, 0.4) is 0 Å². The van der Waals surface area contributed by atoms with Crippen molar-refractivity contribution in [1.29, 1.82) is 0 Å². The summed E-state index contributed by atoms with van der Waals surface area (Å²) in [6.07, 6.45) is 1.93. The number of carbonyl (C=O) groups is 2. The molecule has 0 aliphatic heterocycles. The molecule has 0 fully saturated rings. The third-order valence-corrected chi connectivity index (χ3v) is 4.49. The number of nitrogens with one attached hydrogen (secondary N) is 1. The second-order valence-electron chi connectivity index (χ2n) is 7.54. The highest BCUT2D eigenvalue weighted by molar-refractivity contribution is 5.95. The van der Waals surface area contributed by atoms with Crippen molar-refractivity contribution < 1.29 is 14.7 Å². The Morgan fingerprint density at radius 2 is 1.85 bits per heavy atom. The first-order valence-electron chi connectivity index (χ1n) is 8.80. The topological polar surface area (TPSA) is 84.2 Å². The highest BCUT2D eigenvalue weighted by Crippen LogP contribution is 2.24. The average molecular weight is 357 g/mol. The van der Waals surface area contributed by atoms with Crippen LogP contribution < -0.4 is 5.32 Å². The quantitative estimate of drug-likeness (QED) is 0.794. The fourth-order valence-electron chi connectivity index (χ4n) is 2.67. The van der Waals surface area contributed by atoms with Gasteiger partial charge in [-0.25, -0.2) is 4.68 Å². The molecule has 0 unspecified atom stereocenters. The second kappa shape index (κ2) is 7.72. The van der Waals surface area contributed by atoms with E-state index in [1.54, 1.807) is 24.7 Å². The number of amides is 1. The predicted octanol–water partition coefficient (Wildman–Crippen LogP) is 3.53. The van der Waals surface area contributed by atoms with Crippen molar-refractivity contribution in [3.05, 3.63) is 47.3 Å². The standard InChI is InChI=1S/C20H27N3O3/c1-13(2)17-16(18(24)21-11-10-20(4,5)19(25)26)12-22-23(17)15-8-6-14(3)7-9-15/h6-9,12-13H,10-11H2,1-5H3,(H,21,24)(H,25,26). The summed E-state index contributed by atoms with van der Waals surface area (Å²) < 4.78 is 1.79. The summed E-state index contributed by atoms with van der Waals surface area (Å²) in [5.74, 6) is -0.995. The Bertz CT molecular complexity index is 789. The van der Waals surface area contributed by atoms with Crippen molar-refractivity contribution in [2.75, 3.05) is 6.54 Å². The van der Waals surface area contributed by atoms with Crippen molar-refractivity contribution in [1.82, 2.24) is 15.1 Å². The van der Waals surface area contributed by atoms with Gasteiger partial charge >= 0.3 is 5.97 Å². The van der Waals surface area contributed by atoms with Crippen LogP contribution in [0.25, 0.3) is 5.69 Å². The van der Waals surface area contributed by atoms with E-state index in [-0.39, 0.29) is 11.8 Å². The van der Waals surface area contributed by atoms with Gasteiger partial charge in [-0.15, -0.1) is 0 Å². The number of carbonyl (C=O) groups excluding carboxylic acids is 1. The molecule has 2 aromatic rings. The number of hydrogen-bond acceptors (Lipinski definition) is 3. The molecule has 1 aromatic heterocycles. The van der Waals surface area contributed by atoms with Gasteiger partial charge in [0.2, 0.25) is 0 Å². The minimum atomic E-state index is -0.875. The number of hydrogen-bond donors (Lipinski definition) is 2. The predicted molar refractivity (Wildman–Crippen MR) is 101 cm³/mol. The molecule has 0 bridgehead atoms. The molecule has 0 aliphatic rings. The highest BCUT2D eigenvalue weighted by Gasteiger charge is 2.27. The number of nitrogens with zero attached hydrogens (tertiary/aromatic N) is 2. The van der Waals surface area contributed by atoms with Gasteiger partial charge in [0, 0.05) is 6.54 Å². The molecular formula is C20H27N3O3. The molecule has 2 N–H and O–H groups in total. The van der Waals surface area contributed by atoms with Crippen LogP contribution >= 0.6 is 0 Å². The van der Waals surface area contributed by atoms with E-state index in [9.17, 15) is 9.59 Å². The van der Waals surface area contributed by atoms with Crippen LogP contribution in [-0.2, 0) is 4.79 Å². The molecule has 6 heteroatoms. The first-order valence-corrected chi connectivity index (χ1v) is 8.80. The summed E-state index contributed by atoms with van der Waals surface area (Å²) in [6.45, 7) is 9.66. The second-order valence-corrected chi connectivity index (χ2v) is 7.54. The molecule has 1 aromatic carbocycles. The van der Waals surface area contributed by atoms with Crippen molar-refractivity contribution >= 4 is 11.9 Å². The lowest BCUT2D eigenvalue weighted by atomic mass is 9.89. The summed E-state index contributed by atoms with van der Waals surface area (Å²) in [7, 11) is 0. The van der Waals surface area contributed by atoms with E-state index >= 15 is 0 Å². The minimum Gasteiger partial charge on any atom is -0.481 e. The van der Waals surface area contributed by atoms with Gasteiger partial charge in [0.05, 0.1) is 28.6 Å². The molecular weight excluding hydrogens is 330 g/mol. The lowest BCUT2D eigenvalue weighted by molar-refractivity contribution is -0.147. The zero-order valence-electron chi connectivity index (χ0n) is 16.0. The number of aromatic nitrogens is 2. The van der Waals surface area contributed by atoms with Crippen LogP contribution in [0, 0.1) is 12.3 Å². The maximum Gasteiger partial charge on any atom is 0.309 e. The third kappa shape index (κ3) is 4.31. The molecule has 0 spiro atoms. The fourth-order valence-corrected chi connectivity index (χ4v) is 2.67. The molecule has 1 amide bonds. The summed E-state index contributed by atoms with van der Waals surface area (Å²) >= 11 is 0. The number of carboxylic acid groups (broad SMARTS) is 1. The van der Waals surface area contributed by atoms with E-state index in [0.29, 0.717) is 18.5 Å². The van der Waals surface area contributed by atoms with Gasteiger partial charge in [-0.05, 0) is 45.2 Å². The first kappa shape index (κ1) is 19.7. The van der Waals surface area contributed by atoms with E-state index in [2.05, 4.69) is 10.4 Å². The SMILES string of the molecule is Cc1ccc(-n2ncc(C(=O)NCCC(C)(C)C(=O)O)c2C(C)C)cc1. The summed E-state index contributed by atoms with van der Waals surface area (Å²) in [5, 5.41) is 16.4. The van der Waals surface area contributed by atoms with Crippen LogP contribution in [0.4, 0.5) is 0 Å². The normalized spacial score (nSPS) is 11.6. The zero-order valence-corrected chi connectivity index (χ0v) is 16.0. The maximum atomic E-state index is 12.6. The molecule has 6 nitrogen and oxygen atoms in total. The molecule has 0 saturated heterocycles. The van der Waals surface area contributed by atoms with E-state index in [4.69, 9.17) is 5.11 Å². The highest BCUT2D eigenvalue weighted by atomic mass is 16.4. The number of rotatable bonds is 7. The van der Waals surface area contributed by atoms with E-state index in [0.717, 1.165) is 16.9 Å². The molecule has 0 radical (unpaired) electrons. The number of carboxylic acids is 1. The van der Waals surface area contributed by atoms with E-state index in [1.165, 1.54) is 0 Å². The number of aliphatic carboxylic acids is 1. The summed E-state index contributed by atoms with van der Waals surface area (Å²) in [5.41, 5.74) is 2.55.